The standard InChI is InChI=1S/C17H27NS/c1-3-5-6-10-15(18-12-4-2)17-13-14-9-7-8-11-16(14)19-17/h7-9,11,15,17-18H,3-6,10,12-13H2,1-2H3. The van der Waals surface area contributed by atoms with Crippen LogP contribution in [0.1, 0.15) is 51.5 Å². The molecule has 2 rings (SSSR count). The first kappa shape index (κ1) is 14.9. The fourth-order valence-electron chi connectivity index (χ4n) is 2.80. The van der Waals surface area contributed by atoms with Gasteiger partial charge in [-0.15, -0.1) is 11.8 Å². The predicted octanol–water partition coefficient (Wildman–Crippen LogP) is 4.65. The summed E-state index contributed by atoms with van der Waals surface area (Å²) in [7, 11) is 0. The summed E-state index contributed by atoms with van der Waals surface area (Å²) in [5.74, 6) is 0. The molecule has 1 aliphatic heterocycles. The maximum absolute atomic E-state index is 3.78. The second-order valence-electron chi connectivity index (χ2n) is 5.52. The average molecular weight is 277 g/mol. The lowest BCUT2D eigenvalue weighted by molar-refractivity contribution is 0.446. The number of benzene rings is 1. The van der Waals surface area contributed by atoms with E-state index < -0.39 is 0 Å². The number of rotatable bonds is 8. The van der Waals surface area contributed by atoms with Gasteiger partial charge in [0.05, 0.1) is 0 Å². The molecule has 2 atom stereocenters. The minimum atomic E-state index is 0.684. The van der Waals surface area contributed by atoms with E-state index in [1.54, 1.807) is 5.56 Å². The molecule has 0 saturated heterocycles. The van der Waals surface area contributed by atoms with Gasteiger partial charge in [-0.25, -0.2) is 0 Å². The molecule has 2 unspecified atom stereocenters. The Balaban J connectivity index is 1.92. The molecule has 1 heterocycles. The first-order valence-corrected chi connectivity index (χ1v) is 8.71. The van der Waals surface area contributed by atoms with Crippen LogP contribution in [-0.2, 0) is 6.42 Å². The molecule has 19 heavy (non-hydrogen) atoms. The van der Waals surface area contributed by atoms with Crippen molar-refractivity contribution in [3.8, 4) is 0 Å². The van der Waals surface area contributed by atoms with Gasteiger partial charge < -0.3 is 5.32 Å². The van der Waals surface area contributed by atoms with Crippen molar-refractivity contribution in [1.82, 2.24) is 5.32 Å². The summed E-state index contributed by atoms with van der Waals surface area (Å²) in [5.41, 5.74) is 1.55. The van der Waals surface area contributed by atoms with E-state index in [1.165, 1.54) is 43.4 Å². The zero-order chi connectivity index (χ0) is 13.5. The van der Waals surface area contributed by atoms with E-state index >= 15 is 0 Å². The van der Waals surface area contributed by atoms with Crippen molar-refractivity contribution in [2.24, 2.45) is 0 Å². The van der Waals surface area contributed by atoms with Crippen LogP contribution in [0.25, 0.3) is 0 Å². The number of nitrogens with one attached hydrogen (secondary N) is 1. The molecule has 0 aromatic heterocycles. The van der Waals surface area contributed by atoms with Crippen molar-refractivity contribution < 1.29 is 0 Å². The summed E-state index contributed by atoms with van der Waals surface area (Å²) >= 11 is 2.09. The van der Waals surface area contributed by atoms with Crippen molar-refractivity contribution in [2.75, 3.05) is 6.54 Å². The lowest BCUT2D eigenvalue weighted by atomic mass is 10.00. The summed E-state index contributed by atoms with van der Waals surface area (Å²) in [4.78, 5) is 1.51. The van der Waals surface area contributed by atoms with Gasteiger partial charge in [0.25, 0.3) is 0 Å². The van der Waals surface area contributed by atoms with Crippen LogP contribution in [0.15, 0.2) is 29.2 Å². The Morgan fingerprint density at radius 1 is 1.21 bits per heavy atom. The summed E-state index contributed by atoms with van der Waals surface area (Å²) in [5, 5.41) is 4.52. The van der Waals surface area contributed by atoms with E-state index in [0.29, 0.717) is 6.04 Å². The highest BCUT2D eigenvalue weighted by Gasteiger charge is 2.28. The van der Waals surface area contributed by atoms with Crippen LogP contribution in [-0.4, -0.2) is 17.8 Å². The van der Waals surface area contributed by atoms with Crippen LogP contribution in [0.2, 0.25) is 0 Å². The zero-order valence-electron chi connectivity index (χ0n) is 12.3. The Labute approximate surface area is 122 Å². The van der Waals surface area contributed by atoms with Crippen LogP contribution in [0.4, 0.5) is 0 Å². The molecule has 1 nitrogen and oxygen atoms in total. The minimum Gasteiger partial charge on any atom is -0.313 e. The van der Waals surface area contributed by atoms with E-state index in [0.717, 1.165) is 11.8 Å². The number of fused-ring (bicyclic) bond motifs is 1. The van der Waals surface area contributed by atoms with E-state index in [2.05, 4.69) is 55.2 Å². The predicted molar refractivity (Wildman–Crippen MR) is 86.0 cm³/mol. The van der Waals surface area contributed by atoms with Crippen LogP contribution in [0, 0.1) is 0 Å². The second-order valence-corrected chi connectivity index (χ2v) is 6.81. The Kier molecular flexibility index (Phi) is 6.25. The number of hydrogen-bond acceptors (Lipinski definition) is 2. The van der Waals surface area contributed by atoms with Gasteiger partial charge in [-0.1, -0.05) is 51.3 Å². The van der Waals surface area contributed by atoms with E-state index in [-0.39, 0.29) is 0 Å². The summed E-state index contributed by atoms with van der Waals surface area (Å²) in [6.45, 7) is 5.70. The number of unbranched alkanes of at least 4 members (excludes halogenated alkanes) is 2. The molecule has 0 aliphatic carbocycles. The largest absolute Gasteiger partial charge is 0.313 e. The van der Waals surface area contributed by atoms with Gasteiger partial charge >= 0.3 is 0 Å². The van der Waals surface area contributed by atoms with Gasteiger partial charge in [0, 0.05) is 16.2 Å². The van der Waals surface area contributed by atoms with Gasteiger partial charge in [-0.05, 0) is 37.4 Å². The maximum atomic E-state index is 3.78. The van der Waals surface area contributed by atoms with Gasteiger partial charge in [0.1, 0.15) is 0 Å². The van der Waals surface area contributed by atoms with Crippen LogP contribution >= 0.6 is 11.8 Å². The molecule has 0 saturated carbocycles. The lowest BCUT2D eigenvalue weighted by Gasteiger charge is -2.24. The molecule has 0 amide bonds. The summed E-state index contributed by atoms with van der Waals surface area (Å²) in [6.07, 6.45) is 7.86. The van der Waals surface area contributed by atoms with Gasteiger partial charge in [-0.3, -0.25) is 0 Å². The smallest absolute Gasteiger partial charge is 0.0289 e. The van der Waals surface area contributed by atoms with Crippen LogP contribution in [0.3, 0.4) is 0 Å². The molecule has 0 bridgehead atoms. The van der Waals surface area contributed by atoms with Crippen molar-refractivity contribution in [3.05, 3.63) is 29.8 Å². The minimum absolute atomic E-state index is 0.684. The van der Waals surface area contributed by atoms with Gasteiger partial charge in [0.2, 0.25) is 0 Å². The third-order valence-corrected chi connectivity index (χ3v) is 5.35. The molecule has 0 radical (unpaired) electrons. The maximum Gasteiger partial charge on any atom is 0.0289 e. The molecule has 0 spiro atoms. The topological polar surface area (TPSA) is 12.0 Å². The Bertz CT molecular complexity index is 352. The lowest BCUT2D eigenvalue weighted by Crippen LogP contribution is -2.38. The summed E-state index contributed by atoms with van der Waals surface area (Å²) < 4.78 is 0. The quantitative estimate of drug-likeness (QED) is 0.694. The molecule has 2 heteroatoms. The van der Waals surface area contributed by atoms with E-state index in [9.17, 15) is 0 Å². The molecule has 1 aromatic rings. The first-order chi connectivity index (χ1) is 9.35. The average Bonchev–Trinajstić information content (AvgIpc) is 2.86. The molecule has 106 valence electrons. The SMILES string of the molecule is CCCCCC(NCCC)C1Cc2ccccc2S1. The Morgan fingerprint density at radius 2 is 2.05 bits per heavy atom. The fourth-order valence-corrected chi connectivity index (χ4v) is 4.24. The van der Waals surface area contributed by atoms with Crippen molar-refractivity contribution >= 4 is 11.8 Å². The van der Waals surface area contributed by atoms with Crippen molar-refractivity contribution in [2.45, 2.75) is 68.6 Å². The molecular weight excluding hydrogens is 250 g/mol. The highest BCUT2D eigenvalue weighted by Crippen LogP contribution is 2.39. The third kappa shape index (κ3) is 4.25. The zero-order valence-corrected chi connectivity index (χ0v) is 13.1. The molecular formula is C17H27NS. The molecule has 1 N–H and O–H groups in total. The number of hydrogen-bond donors (Lipinski definition) is 1. The second kappa shape index (κ2) is 7.96. The fraction of sp³-hybridized carbons (Fsp3) is 0.647. The number of thioether (sulfide) groups is 1. The van der Waals surface area contributed by atoms with E-state index in [4.69, 9.17) is 0 Å². The van der Waals surface area contributed by atoms with Crippen LogP contribution in [0.5, 0.6) is 0 Å². The van der Waals surface area contributed by atoms with Crippen LogP contribution < -0.4 is 5.32 Å². The normalized spacial score (nSPS) is 19.4. The van der Waals surface area contributed by atoms with E-state index in [1.807, 2.05) is 0 Å². The highest BCUT2D eigenvalue weighted by molar-refractivity contribution is 8.00. The monoisotopic (exact) mass is 277 g/mol. The van der Waals surface area contributed by atoms with Crippen molar-refractivity contribution in [3.63, 3.8) is 0 Å². The molecule has 1 aromatic carbocycles. The summed E-state index contributed by atoms with van der Waals surface area (Å²) in [6, 6.07) is 9.60. The van der Waals surface area contributed by atoms with Crippen molar-refractivity contribution in [1.29, 1.82) is 0 Å². The first-order valence-electron chi connectivity index (χ1n) is 7.83. The molecule has 1 aliphatic rings. The highest BCUT2D eigenvalue weighted by atomic mass is 32.2. The third-order valence-electron chi connectivity index (χ3n) is 3.90. The Morgan fingerprint density at radius 3 is 2.79 bits per heavy atom. The Hall–Kier alpha value is -0.470. The van der Waals surface area contributed by atoms with Gasteiger partial charge in [-0.2, -0.15) is 0 Å². The van der Waals surface area contributed by atoms with Gasteiger partial charge in [0.15, 0.2) is 0 Å². The molecule has 0 fully saturated rings.